The molecule has 32 heavy (non-hydrogen) atoms. The van der Waals surface area contributed by atoms with Gasteiger partial charge in [-0.25, -0.2) is 4.79 Å². The summed E-state index contributed by atoms with van der Waals surface area (Å²) in [5, 5.41) is 5.70. The molecule has 0 bridgehead atoms. The molecule has 0 radical (unpaired) electrons. The maximum Gasteiger partial charge on any atom is 0.322 e. The Labute approximate surface area is 186 Å². The molecule has 8 heteroatoms. The molecule has 0 unspecified atom stereocenters. The molecule has 2 aromatic rings. The fourth-order valence-corrected chi connectivity index (χ4v) is 3.87. The summed E-state index contributed by atoms with van der Waals surface area (Å²) < 4.78 is 5.15. The first-order chi connectivity index (χ1) is 15.5. The van der Waals surface area contributed by atoms with Gasteiger partial charge in [-0.1, -0.05) is 5.92 Å². The number of hydrogen-bond donors (Lipinski definition) is 2. The maximum absolute atomic E-state index is 12.9. The Balaban J connectivity index is 1.37. The molecule has 164 valence electrons. The van der Waals surface area contributed by atoms with E-state index in [0.29, 0.717) is 37.5 Å². The minimum atomic E-state index is -0.555. The number of rotatable bonds is 4. The first kappa shape index (κ1) is 21.4. The topological polar surface area (TPSA) is 91.0 Å². The lowest BCUT2D eigenvalue weighted by molar-refractivity contribution is -0.125. The van der Waals surface area contributed by atoms with Gasteiger partial charge in [0.05, 0.1) is 6.61 Å². The van der Waals surface area contributed by atoms with Crippen molar-refractivity contribution in [3.63, 3.8) is 0 Å². The van der Waals surface area contributed by atoms with Crippen molar-refractivity contribution < 1.29 is 19.1 Å². The Kier molecular flexibility index (Phi) is 6.38. The van der Waals surface area contributed by atoms with Crippen LogP contribution in [0.15, 0.2) is 48.5 Å². The van der Waals surface area contributed by atoms with Gasteiger partial charge in [-0.2, -0.15) is 0 Å². The van der Waals surface area contributed by atoms with Crippen LogP contribution in [0.1, 0.15) is 18.4 Å². The van der Waals surface area contributed by atoms with Crippen molar-refractivity contribution in [3.05, 3.63) is 54.1 Å². The molecule has 0 aromatic heterocycles. The highest BCUT2D eigenvalue weighted by atomic mass is 16.5. The van der Waals surface area contributed by atoms with Crippen molar-refractivity contribution >= 4 is 34.9 Å². The summed E-state index contributed by atoms with van der Waals surface area (Å²) >= 11 is 0. The third-order valence-electron chi connectivity index (χ3n) is 5.55. The zero-order chi connectivity index (χ0) is 22.5. The van der Waals surface area contributed by atoms with Crippen molar-refractivity contribution in [2.24, 2.45) is 0 Å². The molecule has 0 saturated carbocycles. The number of hydrogen-bond acceptors (Lipinski definition) is 4. The fraction of sp³-hybridized carbons (Fsp3) is 0.292. The van der Waals surface area contributed by atoms with Gasteiger partial charge in [-0.05, 0) is 61.4 Å². The lowest BCUT2D eigenvalue weighted by atomic mass is 10.2. The lowest BCUT2D eigenvalue weighted by Crippen LogP contribution is -2.45. The van der Waals surface area contributed by atoms with Crippen LogP contribution in [-0.4, -0.2) is 55.1 Å². The average Bonchev–Trinajstić information content (AvgIpc) is 3.31. The second kappa shape index (κ2) is 9.54. The zero-order valence-corrected chi connectivity index (χ0v) is 17.5. The van der Waals surface area contributed by atoms with Crippen molar-refractivity contribution in [3.8, 4) is 12.3 Å². The zero-order valence-electron chi connectivity index (χ0n) is 17.5. The minimum absolute atomic E-state index is 0.0755. The number of amides is 4. The summed E-state index contributed by atoms with van der Waals surface area (Å²) in [4.78, 5) is 40.8. The SMILES string of the molecule is C#Cc1ccc(NC(=O)N2CCC[C@@H]2C(=O)Nc2ccc(N3CCOCC3=O)cc2)cc1. The summed E-state index contributed by atoms with van der Waals surface area (Å²) in [6.45, 7) is 1.58. The van der Waals surface area contributed by atoms with E-state index in [9.17, 15) is 14.4 Å². The Morgan fingerprint density at radius 2 is 1.69 bits per heavy atom. The van der Waals surface area contributed by atoms with E-state index in [0.717, 1.165) is 17.7 Å². The highest BCUT2D eigenvalue weighted by molar-refractivity contribution is 6.00. The highest BCUT2D eigenvalue weighted by Gasteiger charge is 2.34. The van der Waals surface area contributed by atoms with E-state index < -0.39 is 6.04 Å². The third kappa shape index (κ3) is 4.74. The van der Waals surface area contributed by atoms with Gasteiger partial charge in [-0.15, -0.1) is 6.42 Å². The Hall–Kier alpha value is -3.83. The van der Waals surface area contributed by atoms with Crippen molar-refractivity contribution in [2.75, 3.05) is 41.8 Å². The van der Waals surface area contributed by atoms with Crippen molar-refractivity contribution in [1.82, 2.24) is 4.90 Å². The summed E-state index contributed by atoms with van der Waals surface area (Å²) in [5.74, 6) is 2.20. The van der Waals surface area contributed by atoms with Gasteiger partial charge in [0.15, 0.2) is 0 Å². The number of carbonyl (C=O) groups is 3. The van der Waals surface area contributed by atoms with E-state index in [-0.39, 0.29) is 24.5 Å². The fourth-order valence-electron chi connectivity index (χ4n) is 3.87. The second-order valence-corrected chi connectivity index (χ2v) is 7.64. The Morgan fingerprint density at radius 3 is 2.38 bits per heavy atom. The molecule has 4 amide bonds. The first-order valence-electron chi connectivity index (χ1n) is 10.5. The molecule has 0 aliphatic carbocycles. The van der Waals surface area contributed by atoms with Gasteiger partial charge in [0.2, 0.25) is 5.91 Å². The lowest BCUT2D eigenvalue weighted by Gasteiger charge is -2.27. The number of nitrogens with one attached hydrogen (secondary N) is 2. The quantitative estimate of drug-likeness (QED) is 0.727. The van der Waals surface area contributed by atoms with E-state index >= 15 is 0 Å². The number of anilines is 3. The number of carbonyl (C=O) groups excluding carboxylic acids is 3. The molecular formula is C24H24N4O4. The minimum Gasteiger partial charge on any atom is -0.370 e. The maximum atomic E-state index is 12.9. The van der Waals surface area contributed by atoms with Gasteiger partial charge < -0.3 is 25.2 Å². The standard InChI is InChI=1S/C24H24N4O4/c1-2-17-5-7-19(8-6-17)26-24(31)28-13-3-4-21(28)23(30)25-18-9-11-20(12-10-18)27-14-15-32-16-22(27)29/h1,5-12,21H,3-4,13-16H2,(H,25,30)(H,26,31)/t21-/m1/s1. The molecule has 2 heterocycles. The molecule has 2 aromatic carbocycles. The number of terminal acetylenes is 1. The van der Waals surface area contributed by atoms with Crippen LogP contribution in [0.4, 0.5) is 21.9 Å². The van der Waals surface area contributed by atoms with Crippen LogP contribution in [-0.2, 0) is 14.3 Å². The average molecular weight is 432 g/mol. The summed E-state index contributed by atoms with van der Waals surface area (Å²) in [6, 6.07) is 13.2. The van der Waals surface area contributed by atoms with E-state index in [4.69, 9.17) is 11.2 Å². The van der Waals surface area contributed by atoms with E-state index in [1.54, 1.807) is 58.3 Å². The summed E-state index contributed by atoms with van der Waals surface area (Å²) in [7, 11) is 0. The number of urea groups is 1. The van der Waals surface area contributed by atoms with Gasteiger partial charge in [-0.3, -0.25) is 9.59 Å². The molecule has 2 saturated heterocycles. The number of likely N-dealkylation sites (tertiary alicyclic amines) is 1. The second-order valence-electron chi connectivity index (χ2n) is 7.64. The highest BCUT2D eigenvalue weighted by Crippen LogP contribution is 2.23. The molecular weight excluding hydrogens is 408 g/mol. The van der Waals surface area contributed by atoms with Crippen molar-refractivity contribution in [1.29, 1.82) is 0 Å². The van der Waals surface area contributed by atoms with Crippen LogP contribution in [0.2, 0.25) is 0 Å². The number of benzene rings is 2. The predicted octanol–water partition coefficient (Wildman–Crippen LogP) is 2.67. The monoisotopic (exact) mass is 432 g/mol. The number of morpholine rings is 1. The van der Waals surface area contributed by atoms with E-state index in [2.05, 4.69) is 16.6 Å². The smallest absolute Gasteiger partial charge is 0.322 e. The summed E-state index contributed by atoms with van der Waals surface area (Å²) in [5.41, 5.74) is 2.71. The van der Waals surface area contributed by atoms with E-state index in [1.807, 2.05) is 0 Å². The van der Waals surface area contributed by atoms with Crippen LogP contribution in [0.25, 0.3) is 0 Å². The number of ether oxygens (including phenoxy) is 1. The molecule has 2 aliphatic rings. The van der Waals surface area contributed by atoms with Crippen LogP contribution in [0.5, 0.6) is 0 Å². The van der Waals surface area contributed by atoms with Gasteiger partial charge in [0.25, 0.3) is 5.91 Å². The molecule has 2 N–H and O–H groups in total. The molecule has 4 rings (SSSR count). The first-order valence-corrected chi connectivity index (χ1v) is 10.5. The molecule has 2 fully saturated rings. The van der Waals surface area contributed by atoms with Gasteiger partial charge >= 0.3 is 6.03 Å². The summed E-state index contributed by atoms with van der Waals surface area (Å²) in [6.07, 6.45) is 6.70. The van der Waals surface area contributed by atoms with Crippen LogP contribution >= 0.6 is 0 Å². The van der Waals surface area contributed by atoms with E-state index in [1.165, 1.54) is 0 Å². The predicted molar refractivity (Wildman–Crippen MR) is 121 cm³/mol. The number of nitrogens with zero attached hydrogens (tertiary/aromatic N) is 2. The molecule has 8 nitrogen and oxygen atoms in total. The molecule has 0 spiro atoms. The largest absolute Gasteiger partial charge is 0.370 e. The van der Waals surface area contributed by atoms with Gasteiger partial charge in [0.1, 0.15) is 12.6 Å². The van der Waals surface area contributed by atoms with Crippen molar-refractivity contribution in [2.45, 2.75) is 18.9 Å². The van der Waals surface area contributed by atoms with Gasteiger partial charge in [0, 0.05) is 35.7 Å². The Bertz CT molecular complexity index is 1040. The molecule has 1 atom stereocenters. The third-order valence-corrected chi connectivity index (χ3v) is 5.55. The van der Waals surface area contributed by atoms with Crippen LogP contribution < -0.4 is 15.5 Å². The van der Waals surface area contributed by atoms with Crippen LogP contribution in [0, 0.1) is 12.3 Å². The normalized spacial score (nSPS) is 18.2. The molecule has 2 aliphatic heterocycles. The van der Waals surface area contributed by atoms with Crippen LogP contribution in [0.3, 0.4) is 0 Å². The Morgan fingerprint density at radius 1 is 1.00 bits per heavy atom.